The van der Waals surface area contributed by atoms with Crippen molar-refractivity contribution < 1.29 is 33.5 Å². The lowest BCUT2D eigenvalue weighted by molar-refractivity contribution is -0.142. The topological polar surface area (TPSA) is 113 Å². The molecule has 0 heterocycles. The van der Waals surface area contributed by atoms with Crippen molar-refractivity contribution in [2.75, 3.05) is 13.2 Å². The van der Waals surface area contributed by atoms with E-state index in [4.69, 9.17) is 14.9 Å². The Morgan fingerprint density at radius 3 is 2.40 bits per heavy atom. The summed E-state index contributed by atoms with van der Waals surface area (Å²) in [5.74, 6) is -0.690. The fourth-order valence-corrected chi connectivity index (χ4v) is 0.893. The highest BCUT2D eigenvalue weighted by atomic mass is 31.2. The van der Waals surface area contributed by atoms with Crippen LogP contribution in [0.5, 0.6) is 0 Å². The normalized spacial score (nSPS) is 13.3. The molecule has 0 aromatic rings. The average Bonchev–Trinajstić information content (AvgIpc) is 2.09. The summed E-state index contributed by atoms with van der Waals surface area (Å²) in [6.07, 6.45) is -1.29. The van der Waals surface area contributed by atoms with Crippen LogP contribution in [0.3, 0.4) is 0 Å². The molecule has 7 nitrogen and oxygen atoms in total. The molecule has 0 fully saturated rings. The molecule has 0 aromatic carbocycles. The van der Waals surface area contributed by atoms with E-state index in [1.165, 1.54) is 6.92 Å². The molecule has 0 aromatic heterocycles. The molecule has 88 valence electrons. The molecule has 1 unspecified atom stereocenters. The first-order valence-electron chi connectivity index (χ1n) is 3.93. The average molecular weight is 240 g/mol. The van der Waals surface area contributed by atoms with Gasteiger partial charge in [0.1, 0.15) is 12.7 Å². The molecule has 15 heavy (non-hydrogen) atoms. The van der Waals surface area contributed by atoms with Crippen molar-refractivity contribution >= 4 is 13.8 Å². The van der Waals surface area contributed by atoms with Crippen molar-refractivity contribution in [1.29, 1.82) is 0 Å². The Bertz CT molecular complexity index is 281. The van der Waals surface area contributed by atoms with Gasteiger partial charge >= 0.3 is 13.8 Å². The Morgan fingerprint density at radius 2 is 2.00 bits per heavy atom. The van der Waals surface area contributed by atoms with E-state index in [1.807, 2.05) is 0 Å². The second-order valence-corrected chi connectivity index (χ2v) is 4.06. The second kappa shape index (κ2) is 5.99. The molecule has 0 aliphatic rings. The van der Waals surface area contributed by atoms with Crippen molar-refractivity contribution in [2.24, 2.45) is 0 Å². The number of phosphoric acid groups is 1. The van der Waals surface area contributed by atoms with Gasteiger partial charge in [-0.1, -0.05) is 6.58 Å². The Morgan fingerprint density at radius 1 is 1.47 bits per heavy atom. The molecule has 0 spiro atoms. The lowest BCUT2D eigenvalue weighted by atomic mass is 10.3. The monoisotopic (exact) mass is 240 g/mol. The summed E-state index contributed by atoms with van der Waals surface area (Å²) in [5.41, 5.74) is 0.165. The van der Waals surface area contributed by atoms with Crippen LogP contribution in [0.4, 0.5) is 0 Å². The lowest BCUT2D eigenvalue weighted by Crippen LogP contribution is -2.23. The maximum Gasteiger partial charge on any atom is 0.469 e. The second-order valence-electron chi connectivity index (χ2n) is 2.82. The van der Waals surface area contributed by atoms with Gasteiger partial charge in [0.2, 0.25) is 0 Å². The van der Waals surface area contributed by atoms with Gasteiger partial charge < -0.3 is 19.6 Å². The van der Waals surface area contributed by atoms with Gasteiger partial charge in [0.15, 0.2) is 0 Å². The number of hydrogen-bond acceptors (Lipinski definition) is 5. The van der Waals surface area contributed by atoms with Crippen molar-refractivity contribution in [3.8, 4) is 0 Å². The van der Waals surface area contributed by atoms with E-state index in [1.54, 1.807) is 0 Å². The highest BCUT2D eigenvalue weighted by Gasteiger charge is 2.17. The third kappa shape index (κ3) is 8.29. The minimum absolute atomic E-state index is 0.165. The first-order valence-corrected chi connectivity index (χ1v) is 5.46. The molecular formula is C7H13O7P. The summed E-state index contributed by atoms with van der Waals surface area (Å²) in [6, 6.07) is 0. The smallest absolute Gasteiger partial charge is 0.460 e. The molecule has 8 heteroatoms. The largest absolute Gasteiger partial charge is 0.469 e. The minimum atomic E-state index is -4.60. The first-order chi connectivity index (χ1) is 6.72. The SMILES string of the molecule is C=C(C)C(=O)OCC(O)COP(=O)(O)O. The van der Waals surface area contributed by atoms with Gasteiger partial charge in [-0.3, -0.25) is 4.52 Å². The summed E-state index contributed by atoms with van der Waals surface area (Å²) in [5, 5.41) is 9.07. The Balaban J connectivity index is 3.76. The number of phosphoric ester groups is 1. The fraction of sp³-hybridized carbons (Fsp3) is 0.571. The van der Waals surface area contributed by atoms with Crippen LogP contribution in [-0.2, 0) is 18.6 Å². The van der Waals surface area contributed by atoms with Gasteiger partial charge in [-0.05, 0) is 6.92 Å². The van der Waals surface area contributed by atoms with Crippen molar-refractivity contribution in [1.82, 2.24) is 0 Å². The van der Waals surface area contributed by atoms with Gasteiger partial charge in [0.25, 0.3) is 0 Å². The number of carbonyl (C=O) groups is 1. The standard InChI is InChI=1S/C7H13O7P/c1-5(2)7(9)13-3-6(8)4-14-15(10,11)12/h6,8H,1,3-4H2,2H3,(H2,10,11,12). The van der Waals surface area contributed by atoms with Gasteiger partial charge in [-0.25, -0.2) is 9.36 Å². The minimum Gasteiger partial charge on any atom is -0.460 e. The van der Waals surface area contributed by atoms with E-state index in [9.17, 15) is 9.36 Å². The number of esters is 1. The van der Waals surface area contributed by atoms with Gasteiger partial charge in [0.05, 0.1) is 6.61 Å². The molecule has 0 amide bonds. The van der Waals surface area contributed by atoms with Crippen molar-refractivity contribution in [3.63, 3.8) is 0 Å². The molecule has 0 radical (unpaired) electrons. The summed E-state index contributed by atoms with van der Waals surface area (Å²) < 4.78 is 18.7. The Labute approximate surface area is 86.6 Å². The van der Waals surface area contributed by atoms with Crippen molar-refractivity contribution in [3.05, 3.63) is 12.2 Å². The van der Waals surface area contributed by atoms with Crippen LogP contribution in [-0.4, -0.2) is 40.2 Å². The maximum atomic E-state index is 10.8. The molecular weight excluding hydrogens is 227 g/mol. The van der Waals surface area contributed by atoms with Crippen LogP contribution < -0.4 is 0 Å². The number of rotatable bonds is 6. The highest BCUT2D eigenvalue weighted by molar-refractivity contribution is 7.46. The van der Waals surface area contributed by atoms with Crippen LogP contribution >= 0.6 is 7.82 Å². The molecule has 0 rings (SSSR count). The molecule has 0 saturated carbocycles. The third-order valence-electron chi connectivity index (χ3n) is 1.19. The van der Waals surface area contributed by atoms with Crippen LogP contribution in [0, 0.1) is 0 Å². The molecule has 0 aliphatic carbocycles. The summed E-state index contributed by atoms with van der Waals surface area (Å²) >= 11 is 0. The highest BCUT2D eigenvalue weighted by Crippen LogP contribution is 2.35. The zero-order valence-electron chi connectivity index (χ0n) is 8.12. The lowest BCUT2D eigenvalue weighted by Gasteiger charge is -2.11. The van der Waals surface area contributed by atoms with Crippen LogP contribution in [0.25, 0.3) is 0 Å². The van der Waals surface area contributed by atoms with E-state index in [-0.39, 0.29) is 5.57 Å². The molecule has 0 aliphatic heterocycles. The van der Waals surface area contributed by atoms with E-state index in [0.29, 0.717) is 0 Å². The zero-order valence-corrected chi connectivity index (χ0v) is 9.01. The molecule has 0 saturated heterocycles. The van der Waals surface area contributed by atoms with Crippen molar-refractivity contribution in [2.45, 2.75) is 13.0 Å². The van der Waals surface area contributed by atoms with Gasteiger partial charge in [-0.2, -0.15) is 0 Å². The van der Waals surface area contributed by atoms with Crippen LogP contribution in [0.2, 0.25) is 0 Å². The van der Waals surface area contributed by atoms with E-state index in [2.05, 4.69) is 15.8 Å². The summed E-state index contributed by atoms with van der Waals surface area (Å²) in [6.45, 7) is 3.71. The quantitative estimate of drug-likeness (QED) is 0.328. The van der Waals surface area contributed by atoms with Crippen LogP contribution in [0.1, 0.15) is 6.92 Å². The number of aliphatic hydroxyl groups excluding tert-OH is 1. The molecule has 0 bridgehead atoms. The molecule has 3 N–H and O–H groups in total. The third-order valence-corrected chi connectivity index (χ3v) is 1.68. The fourth-order valence-electron chi connectivity index (χ4n) is 0.526. The predicted octanol–water partition coefficient (Wildman–Crippen LogP) is -0.424. The van der Waals surface area contributed by atoms with E-state index < -0.39 is 33.1 Å². The predicted molar refractivity (Wildman–Crippen MR) is 49.8 cm³/mol. The number of ether oxygens (including phenoxy) is 1. The number of aliphatic hydroxyl groups is 1. The zero-order chi connectivity index (χ0) is 12.1. The van der Waals surface area contributed by atoms with E-state index in [0.717, 1.165) is 0 Å². The molecule has 1 atom stereocenters. The maximum absolute atomic E-state index is 10.8. The van der Waals surface area contributed by atoms with E-state index >= 15 is 0 Å². The van der Waals surface area contributed by atoms with Gasteiger partial charge in [0, 0.05) is 5.57 Å². The number of carbonyl (C=O) groups excluding carboxylic acids is 1. The first kappa shape index (κ1) is 14.3. The van der Waals surface area contributed by atoms with Gasteiger partial charge in [-0.15, -0.1) is 0 Å². The van der Waals surface area contributed by atoms with Crippen LogP contribution in [0.15, 0.2) is 12.2 Å². The Kier molecular flexibility index (Phi) is 5.71. The number of hydrogen-bond donors (Lipinski definition) is 3. The summed E-state index contributed by atoms with van der Waals surface area (Å²) in [7, 11) is -4.60. The Hall–Kier alpha value is -0.720. The summed E-state index contributed by atoms with van der Waals surface area (Å²) in [4.78, 5) is 27.4.